The second-order valence-corrected chi connectivity index (χ2v) is 4.25. The second-order valence-electron chi connectivity index (χ2n) is 4.25. The summed E-state index contributed by atoms with van der Waals surface area (Å²) < 4.78 is 26.5. The molecule has 1 N–H and O–H groups in total. The van der Waals surface area contributed by atoms with Gasteiger partial charge in [-0.25, -0.2) is 13.8 Å². The molecule has 2 aromatic rings. The van der Waals surface area contributed by atoms with Crippen LogP contribution in [0.5, 0.6) is 0 Å². The minimum absolute atomic E-state index is 0.304. The van der Waals surface area contributed by atoms with Crippen LogP contribution in [0.3, 0.4) is 0 Å². The van der Waals surface area contributed by atoms with E-state index in [1.807, 2.05) is 12.1 Å². The van der Waals surface area contributed by atoms with Gasteiger partial charge in [-0.3, -0.25) is 0 Å². The zero-order chi connectivity index (χ0) is 13.0. The lowest BCUT2D eigenvalue weighted by Crippen LogP contribution is -2.13. The summed E-state index contributed by atoms with van der Waals surface area (Å²) in [6.45, 7) is 3.39. The van der Waals surface area contributed by atoms with Gasteiger partial charge in [-0.2, -0.15) is 0 Å². The van der Waals surface area contributed by atoms with E-state index in [2.05, 4.69) is 17.2 Å². The van der Waals surface area contributed by atoms with Crippen molar-refractivity contribution >= 4 is 11.0 Å². The first kappa shape index (κ1) is 13.0. The highest BCUT2D eigenvalue weighted by molar-refractivity contribution is 5.80. The standard InChI is InChI=1S/C13H17F2N3/c1-2-5-16-7-10-8-18(9-12(14)15)13-11(10)4-3-6-17-13/h3-4,6,8,12,16H,2,5,7,9H2,1H3. The lowest BCUT2D eigenvalue weighted by molar-refractivity contribution is 0.128. The Morgan fingerprint density at radius 2 is 2.28 bits per heavy atom. The Balaban J connectivity index is 2.29. The molecule has 0 saturated carbocycles. The minimum atomic E-state index is -2.36. The Bertz CT molecular complexity index is 508. The molecule has 0 saturated heterocycles. The largest absolute Gasteiger partial charge is 0.326 e. The van der Waals surface area contributed by atoms with E-state index in [-0.39, 0.29) is 6.54 Å². The van der Waals surface area contributed by atoms with Gasteiger partial charge in [0.05, 0.1) is 6.54 Å². The van der Waals surface area contributed by atoms with Gasteiger partial charge in [0, 0.05) is 24.3 Å². The van der Waals surface area contributed by atoms with Crippen molar-refractivity contribution in [2.75, 3.05) is 6.54 Å². The Morgan fingerprint density at radius 1 is 1.44 bits per heavy atom. The molecule has 18 heavy (non-hydrogen) atoms. The molecule has 0 bridgehead atoms. The predicted octanol–water partition coefficient (Wildman–Crippen LogP) is 2.80. The van der Waals surface area contributed by atoms with Crippen molar-refractivity contribution in [1.29, 1.82) is 0 Å². The van der Waals surface area contributed by atoms with E-state index < -0.39 is 6.43 Å². The van der Waals surface area contributed by atoms with Crippen LogP contribution in [0.1, 0.15) is 18.9 Å². The molecule has 2 rings (SSSR count). The summed E-state index contributed by atoms with van der Waals surface area (Å²) in [6.07, 6.45) is 2.09. The van der Waals surface area contributed by atoms with Crippen LogP contribution < -0.4 is 5.32 Å². The molecule has 0 spiro atoms. The highest BCUT2D eigenvalue weighted by Crippen LogP contribution is 2.20. The Hall–Kier alpha value is -1.49. The van der Waals surface area contributed by atoms with Crippen LogP contribution in [-0.2, 0) is 13.1 Å². The minimum Gasteiger partial charge on any atom is -0.326 e. The summed E-state index contributed by atoms with van der Waals surface area (Å²) >= 11 is 0. The number of hydrogen-bond donors (Lipinski definition) is 1. The third-order valence-electron chi connectivity index (χ3n) is 2.79. The molecule has 0 aliphatic heterocycles. The van der Waals surface area contributed by atoms with Gasteiger partial charge in [-0.15, -0.1) is 0 Å². The lowest BCUT2D eigenvalue weighted by atomic mass is 10.2. The number of alkyl halides is 2. The molecule has 0 aliphatic carbocycles. The maximum Gasteiger partial charge on any atom is 0.256 e. The second kappa shape index (κ2) is 5.91. The van der Waals surface area contributed by atoms with Crippen molar-refractivity contribution < 1.29 is 8.78 Å². The van der Waals surface area contributed by atoms with Crippen LogP contribution in [0, 0.1) is 0 Å². The van der Waals surface area contributed by atoms with Gasteiger partial charge in [0.1, 0.15) is 5.65 Å². The van der Waals surface area contributed by atoms with Gasteiger partial charge >= 0.3 is 0 Å². The summed E-state index contributed by atoms with van der Waals surface area (Å²) in [4.78, 5) is 4.18. The van der Waals surface area contributed by atoms with Gasteiger partial charge in [-0.1, -0.05) is 6.92 Å². The summed E-state index contributed by atoms with van der Waals surface area (Å²) in [6, 6.07) is 3.76. The normalized spacial score (nSPS) is 11.6. The van der Waals surface area contributed by atoms with E-state index in [4.69, 9.17) is 0 Å². The topological polar surface area (TPSA) is 29.9 Å². The lowest BCUT2D eigenvalue weighted by Gasteiger charge is -2.02. The quantitative estimate of drug-likeness (QED) is 0.802. The summed E-state index contributed by atoms with van der Waals surface area (Å²) in [7, 11) is 0. The van der Waals surface area contributed by atoms with Crippen molar-refractivity contribution in [2.24, 2.45) is 0 Å². The maximum absolute atomic E-state index is 12.5. The third-order valence-corrected chi connectivity index (χ3v) is 2.79. The van der Waals surface area contributed by atoms with Gasteiger partial charge in [0.2, 0.25) is 0 Å². The first-order valence-electron chi connectivity index (χ1n) is 6.14. The summed E-state index contributed by atoms with van der Waals surface area (Å²) in [5.41, 5.74) is 1.65. The SMILES string of the molecule is CCCNCc1cn(CC(F)F)c2ncccc12. The number of hydrogen-bond acceptors (Lipinski definition) is 2. The smallest absolute Gasteiger partial charge is 0.256 e. The number of pyridine rings is 1. The van der Waals surface area contributed by atoms with E-state index in [1.165, 1.54) is 4.57 Å². The van der Waals surface area contributed by atoms with Crippen LogP contribution in [0.25, 0.3) is 11.0 Å². The number of halogens is 2. The van der Waals surface area contributed by atoms with E-state index in [0.717, 1.165) is 23.9 Å². The van der Waals surface area contributed by atoms with E-state index in [1.54, 1.807) is 12.4 Å². The fourth-order valence-corrected chi connectivity index (χ4v) is 2.02. The third kappa shape index (κ3) is 2.85. The molecular formula is C13H17F2N3. The average Bonchev–Trinajstić information content (AvgIpc) is 2.68. The molecule has 2 heterocycles. The molecular weight excluding hydrogens is 236 g/mol. The Morgan fingerprint density at radius 3 is 3.00 bits per heavy atom. The summed E-state index contributed by atoms with van der Waals surface area (Å²) in [5.74, 6) is 0. The van der Waals surface area contributed by atoms with Gasteiger partial charge in [0.25, 0.3) is 6.43 Å². The van der Waals surface area contributed by atoms with Crippen LogP contribution in [0.15, 0.2) is 24.5 Å². The Labute approximate surface area is 105 Å². The van der Waals surface area contributed by atoms with Gasteiger partial charge in [-0.05, 0) is 30.7 Å². The van der Waals surface area contributed by atoms with Crippen molar-refractivity contribution in [3.05, 3.63) is 30.1 Å². The van der Waals surface area contributed by atoms with Crippen molar-refractivity contribution in [2.45, 2.75) is 32.9 Å². The number of aromatic nitrogens is 2. The van der Waals surface area contributed by atoms with E-state index in [9.17, 15) is 8.78 Å². The van der Waals surface area contributed by atoms with Gasteiger partial charge in [0.15, 0.2) is 0 Å². The number of nitrogens with one attached hydrogen (secondary N) is 1. The molecule has 0 aliphatic rings. The number of nitrogens with zero attached hydrogens (tertiary/aromatic N) is 2. The van der Waals surface area contributed by atoms with E-state index >= 15 is 0 Å². The predicted molar refractivity (Wildman–Crippen MR) is 67.7 cm³/mol. The molecule has 98 valence electrons. The molecule has 2 aromatic heterocycles. The van der Waals surface area contributed by atoms with Gasteiger partial charge < -0.3 is 9.88 Å². The van der Waals surface area contributed by atoms with Crippen molar-refractivity contribution in [3.63, 3.8) is 0 Å². The van der Waals surface area contributed by atoms with Crippen LogP contribution in [-0.4, -0.2) is 22.5 Å². The molecule has 0 radical (unpaired) electrons. The Kier molecular flexibility index (Phi) is 4.25. The number of fused-ring (bicyclic) bond motifs is 1. The van der Waals surface area contributed by atoms with E-state index in [0.29, 0.717) is 12.2 Å². The average molecular weight is 253 g/mol. The monoisotopic (exact) mass is 253 g/mol. The molecule has 0 unspecified atom stereocenters. The highest BCUT2D eigenvalue weighted by Gasteiger charge is 2.12. The van der Waals surface area contributed by atoms with Crippen LogP contribution in [0.4, 0.5) is 8.78 Å². The van der Waals surface area contributed by atoms with Crippen molar-refractivity contribution in [3.8, 4) is 0 Å². The summed E-state index contributed by atoms with van der Waals surface area (Å²) in [5, 5.41) is 4.23. The van der Waals surface area contributed by atoms with Crippen LogP contribution in [0.2, 0.25) is 0 Å². The zero-order valence-corrected chi connectivity index (χ0v) is 10.4. The van der Waals surface area contributed by atoms with Crippen molar-refractivity contribution in [1.82, 2.24) is 14.9 Å². The maximum atomic E-state index is 12.5. The number of rotatable bonds is 6. The first-order valence-corrected chi connectivity index (χ1v) is 6.14. The molecule has 0 amide bonds. The first-order chi connectivity index (χ1) is 8.72. The zero-order valence-electron chi connectivity index (χ0n) is 10.4. The fourth-order valence-electron chi connectivity index (χ4n) is 2.02. The van der Waals surface area contributed by atoms with Crippen LogP contribution >= 0.6 is 0 Å². The highest BCUT2D eigenvalue weighted by atomic mass is 19.3. The fraction of sp³-hybridized carbons (Fsp3) is 0.462. The molecule has 0 atom stereocenters. The molecule has 3 nitrogen and oxygen atoms in total. The molecule has 5 heteroatoms. The molecule has 0 fully saturated rings. The molecule has 0 aromatic carbocycles.